The molecule has 1 aromatic rings. The number of aliphatic hydroxyl groups excluding tert-OH is 1. The van der Waals surface area contributed by atoms with Crippen LogP contribution in [-0.4, -0.2) is 28.8 Å². The lowest BCUT2D eigenvalue weighted by Crippen LogP contribution is -2.44. The van der Waals surface area contributed by atoms with Gasteiger partial charge < -0.3 is 15.5 Å². The second-order valence-electron chi connectivity index (χ2n) is 3.94. The summed E-state index contributed by atoms with van der Waals surface area (Å²) in [4.78, 5) is 11.1. The Balaban J connectivity index is 2.50. The highest BCUT2D eigenvalue weighted by Crippen LogP contribution is 2.16. The van der Waals surface area contributed by atoms with Crippen molar-refractivity contribution in [3.63, 3.8) is 0 Å². The van der Waals surface area contributed by atoms with Crippen molar-refractivity contribution in [2.75, 3.05) is 6.54 Å². The number of carbonyl (C=O) groups excluding carboxylic acids is 1. The predicted octanol–water partition coefficient (Wildman–Crippen LogP) is 0.829. The monoisotopic (exact) mass is 262 g/mol. The lowest BCUT2D eigenvalue weighted by Gasteiger charge is -2.18. The van der Waals surface area contributed by atoms with Crippen LogP contribution in [0.4, 0.5) is 0 Å². The van der Waals surface area contributed by atoms with Gasteiger partial charge in [-0.05, 0) is 23.8 Å². The van der Waals surface area contributed by atoms with E-state index >= 15 is 0 Å². The first kappa shape index (κ1) is 14.9. The first-order chi connectivity index (χ1) is 9.06. The molecule has 0 aromatic heterocycles. The molecule has 2 unspecified atom stereocenters. The molecule has 1 aromatic carbocycles. The number of carbonyl (C=O) groups is 1. The molecule has 0 saturated carbocycles. The van der Waals surface area contributed by atoms with E-state index in [-0.39, 0.29) is 18.2 Å². The van der Waals surface area contributed by atoms with Crippen molar-refractivity contribution in [3.05, 3.63) is 55.1 Å². The van der Waals surface area contributed by atoms with Crippen LogP contribution in [0.3, 0.4) is 0 Å². The van der Waals surface area contributed by atoms with E-state index in [2.05, 4.69) is 23.8 Å². The zero-order chi connectivity index (χ0) is 14.3. The highest BCUT2D eigenvalue weighted by Gasteiger charge is 2.11. The molecule has 0 aliphatic heterocycles. The number of hydrogen-bond acceptors (Lipinski definition) is 4. The van der Waals surface area contributed by atoms with Gasteiger partial charge in [0, 0.05) is 6.54 Å². The SMILES string of the molecule is C=CC(=O)NC(C=C)NCC(O)c1ccc(O)cc1. The lowest BCUT2D eigenvalue weighted by molar-refractivity contribution is -0.117. The molecule has 0 spiro atoms. The largest absolute Gasteiger partial charge is 0.508 e. The minimum atomic E-state index is -0.747. The Morgan fingerprint density at radius 1 is 1.32 bits per heavy atom. The van der Waals surface area contributed by atoms with Crippen LogP contribution >= 0.6 is 0 Å². The quantitative estimate of drug-likeness (QED) is 0.333. The van der Waals surface area contributed by atoms with Crippen molar-refractivity contribution >= 4 is 5.91 Å². The van der Waals surface area contributed by atoms with Crippen LogP contribution in [-0.2, 0) is 4.79 Å². The minimum absolute atomic E-state index is 0.145. The van der Waals surface area contributed by atoms with Gasteiger partial charge in [0.05, 0.1) is 12.3 Å². The minimum Gasteiger partial charge on any atom is -0.508 e. The van der Waals surface area contributed by atoms with Gasteiger partial charge in [0.1, 0.15) is 5.75 Å². The Labute approximate surface area is 112 Å². The lowest BCUT2D eigenvalue weighted by atomic mass is 10.1. The van der Waals surface area contributed by atoms with Gasteiger partial charge in [0.15, 0.2) is 0 Å². The standard InChI is InChI=1S/C14H18N2O3/c1-3-13(16-14(19)4-2)15-9-12(18)10-5-7-11(17)8-6-10/h3-8,12-13,15,17-18H,1-2,9H2,(H,16,19). The van der Waals surface area contributed by atoms with Gasteiger partial charge in [-0.2, -0.15) is 0 Å². The van der Waals surface area contributed by atoms with Crippen molar-refractivity contribution in [2.24, 2.45) is 0 Å². The molecule has 19 heavy (non-hydrogen) atoms. The molecule has 102 valence electrons. The maximum Gasteiger partial charge on any atom is 0.244 e. The molecule has 1 amide bonds. The predicted molar refractivity (Wildman–Crippen MR) is 73.4 cm³/mol. The third-order valence-electron chi connectivity index (χ3n) is 2.53. The van der Waals surface area contributed by atoms with Gasteiger partial charge in [0.2, 0.25) is 5.91 Å². The van der Waals surface area contributed by atoms with Gasteiger partial charge >= 0.3 is 0 Å². The molecule has 0 aliphatic carbocycles. The van der Waals surface area contributed by atoms with E-state index in [9.17, 15) is 9.90 Å². The third kappa shape index (κ3) is 4.95. The van der Waals surface area contributed by atoms with Crippen LogP contribution in [0, 0.1) is 0 Å². The molecule has 2 atom stereocenters. The number of hydrogen-bond donors (Lipinski definition) is 4. The van der Waals surface area contributed by atoms with Gasteiger partial charge in [-0.15, -0.1) is 0 Å². The van der Waals surface area contributed by atoms with Crippen LogP contribution in [0.25, 0.3) is 0 Å². The summed E-state index contributed by atoms with van der Waals surface area (Å²) in [6, 6.07) is 6.27. The topological polar surface area (TPSA) is 81.6 Å². The fraction of sp³-hybridized carbons (Fsp3) is 0.214. The molecule has 0 fully saturated rings. The first-order valence-electron chi connectivity index (χ1n) is 5.82. The average molecular weight is 262 g/mol. The molecular formula is C14H18N2O3. The van der Waals surface area contributed by atoms with Crippen molar-refractivity contribution < 1.29 is 15.0 Å². The van der Waals surface area contributed by atoms with Crippen LogP contribution < -0.4 is 10.6 Å². The number of phenols is 1. The van der Waals surface area contributed by atoms with Crippen molar-refractivity contribution in [1.29, 1.82) is 0 Å². The van der Waals surface area contributed by atoms with E-state index in [4.69, 9.17) is 5.11 Å². The summed E-state index contributed by atoms with van der Waals surface area (Å²) >= 11 is 0. The first-order valence-corrected chi connectivity index (χ1v) is 5.82. The van der Waals surface area contributed by atoms with Crippen molar-refractivity contribution in [3.8, 4) is 5.75 Å². The van der Waals surface area contributed by atoms with Crippen LogP contribution in [0.2, 0.25) is 0 Å². The van der Waals surface area contributed by atoms with E-state index in [1.807, 2.05) is 0 Å². The summed E-state index contributed by atoms with van der Waals surface area (Å²) in [5.74, 6) is -0.178. The Kier molecular flexibility index (Phi) is 5.78. The van der Waals surface area contributed by atoms with Crippen molar-refractivity contribution in [1.82, 2.24) is 10.6 Å². The number of benzene rings is 1. The molecule has 0 radical (unpaired) electrons. The summed E-state index contributed by atoms with van der Waals surface area (Å²) in [6.07, 6.45) is 1.49. The Hall–Kier alpha value is -2.11. The van der Waals surface area contributed by atoms with Crippen LogP contribution in [0.5, 0.6) is 5.75 Å². The maximum atomic E-state index is 11.1. The molecule has 5 nitrogen and oxygen atoms in total. The fourth-order valence-electron chi connectivity index (χ4n) is 1.46. The van der Waals surface area contributed by atoms with E-state index in [0.29, 0.717) is 5.56 Å². The third-order valence-corrected chi connectivity index (χ3v) is 2.53. The zero-order valence-electron chi connectivity index (χ0n) is 10.5. The van der Waals surface area contributed by atoms with E-state index in [0.717, 1.165) is 6.08 Å². The van der Waals surface area contributed by atoms with Gasteiger partial charge in [-0.3, -0.25) is 10.1 Å². The van der Waals surface area contributed by atoms with Gasteiger partial charge in [-0.25, -0.2) is 0 Å². The maximum absolute atomic E-state index is 11.1. The summed E-state index contributed by atoms with van der Waals surface area (Å²) in [5, 5.41) is 24.6. The van der Waals surface area contributed by atoms with E-state index < -0.39 is 12.3 Å². The fourth-order valence-corrected chi connectivity index (χ4v) is 1.46. The zero-order valence-corrected chi connectivity index (χ0v) is 10.5. The number of rotatable bonds is 7. The summed E-state index contributed by atoms with van der Waals surface area (Å²) in [6.45, 7) is 7.17. The molecule has 0 saturated heterocycles. The van der Waals surface area contributed by atoms with Gasteiger partial charge in [-0.1, -0.05) is 31.4 Å². The smallest absolute Gasteiger partial charge is 0.244 e. The molecular weight excluding hydrogens is 244 g/mol. The second-order valence-corrected chi connectivity index (χ2v) is 3.94. The highest BCUT2D eigenvalue weighted by atomic mass is 16.3. The molecule has 4 N–H and O–H groups in total. The summed E-state index contributed by atoms with van der Waals surface area (Å²) < 4.78 is 0. The number of nitrogens with one attached hydrogen (secondary N) is 2. The molecule has 1 rings (SSSR count). The molecule has 0 bridgehead atoms. The van der Waals surface area contributed by atoms with Crippen molar-refractivity contribution in [2.45, 2.75) is 12.3 Å². The number of aliphatic hydroxyl groups is 1. The Bertz CT molecular complexity index is 443. The summed E-state index contributed by atoms with van der Waals surface area (Å²) in [7, 11) is 0. The van der Waals surface area contributed by atoms with Crippen LogP contribution in [0.1, 0.15) is 11.7 Å². The summed E-state index contributed by atoms with van der Waals surface area (Å²) in [5.41, 5.74) is 0.670. The van der Waals surface area contributed by atoms with E-state index in [1.165, 1.54) is 18.2 Å². The highest BCUT2D eigenvalue weighted by molar-refractivity contribution is 5.87. The Morgan fingerprint density at radius 2 is 1.95 bits per heavy atom. The van der Waals surface area contributed by atoms with E-state index in [1.54, 1.807) is 12.1 Å². The molecule has 5 heteroatoms. The average Bonchev–Trinajstić information content (AvgIpc) is 2.43. The second kappa shape index (κ2) is 7.35. The normalized spacial score (nSPS) is 13.3. The molecule has 0 aliphatic rings. The number of phenolic OH excluding ortho intramolecular Hbond substituents is 1. The Morgan fingerprint density at radius 3 is 2.47 bits per heavy atom. The van der Waals surface area contributed by atoms with Gasteiger partial charge in [0.25, 0.3) is 0 Å². The number of aromatic hydroxyl groups is 1. The molecule has 0 heterocycles. The number of amides is 1. The van der Waals surface area contributed by atoms with Crippen LogP contribution in [0.15, 0.2) is 49.6 Å².